The van der Waals surface area contributed by atoms with E-state index in [1.165, 1.54) is 45.1 Å². The molecule has 1 nitrogen and oxygen atoms in total. The Bertz CT molecular complexity index is 219. The minimum atomic E-state index is 0.964. The van der Waals surface area contributed by atoms with Gasteiger partial charge in [-0.25, -0.2) is 0 Å². The molecule has 2 heteroatoms. The van der Waals surface area contributed by atoms with Gasteiger partial charge < -0.3 is 5.32 Å². The summed E-state index contributed by atoms with van der Waals surface area (Å²) in [4.78, 5) is 0. The maximum atomic E-state index is 4.21. The minimum absolute atomic E-state index is 0.964. The van der Waals surface area contributed by atoms with E-state index in [1.54, 1.807) is 25.7 Å². The van der Waals surface area contributed by atoms with Gasteiger partial charge in [-0.2, -0.15) is 12.6 Å². The van der Waals surface area contributed by atoms with Crippen LogP contribution >= 0.6 is 12.6 Å². The molecule has 106 valence electrons. The first-order valence-corrected chi connectivity index (χ1v) is 8.85. The highest BCUT2D eigenvalue weighted by Gasteiger charge is 2.31. The molecule has 0 aromatic heterocycles. The minimum Gasteiger partial charge on any atom is -0.316 e. The second-order valence-electron chi connectivity index (χ2n) is 6.45. The average Bonchev–Trinajstić information content (AvgIpc) is 2.42. The molecule has 0 aromatic carbocycles. The molecule has 0 unspecified atom stereocenters. The van der Waals surface area contributed by atoms with Gasteiger partial charge in [0.15, 0.2) is 0 Å². The smallest absolute Gasteiger partial charge is 0.00397 e. The predicted molar refractivity (Wildman–Crippen MR) is 83.4 cm³/mol. The fraction of sp³-hybridized carbons (Fsp3) is 1.00. The number of thiol groups is 1. The molecule has 2 aliphatic carbocycles. The SMILES string of the molecule is SCCNCCCC[C@H]1CC[C@H]2CCCC[C@H]2C1. The fourth-order valence-corrected chi connectivity index (χ4v) is 4.28. The van der Waals surface area contributed by atoms with E-state index in [1.807, 2.05) is 0 Å². The van der Waals surface area contributed by atoms with Crippen LogP contribution in [0.1, 0.15) is 64.2 Å². The topological polar surface area (TPSA) is 12.0 Å². The maximum Gasteiger partial charge on any atom is 0.00397 e. The number of fused-ring (bicyclic) bond motifs is 1. The summed E-state index contributed by atoms with van der Waals surface area (Å²) < 4.78 is 0. The van der Waals surface area contributed by atoms with E-state index in [2.05, 4.69) is 17.9 Å². The van der Waals surface area contributed by atoms with Crippen LogP contribution < -0.4 is 5.32 Å². The van der Waals surface area contributed by atoms with Crippen LogP contribution in [0, 0.1) is 17.8 Å². The first-order valence-electron chi connectivity index (χ1n) is 8.21. The Morgan fingerprint density at radius 1 is 0.889 bits per heavy atom. The van der Waals surface area contributed by atoms with Gasteiger partial charge in [0, 0.05) is 12.3 Å². The van der Waals surface area contributed by atoms with E-state index >= 15 is 0 Å². The van der Waals surface area contributed by atoms with E-state index in [9.17, 15) is 0 Å². The van der Waals surface area contributed by atoms with Crippen molar-refractivity contribution in [3.8, 4) is 0 Å². The van der Waals surface area contributed by atoms with Crippen LogP contribution in [0.15, 0.2) is 0 Å². The molecule has 18 heavy (non-hydrogen) atoms. The van der Waals surface area contributed by atoms with Crippen molar-refractivity contribution in [3.63, 3.8) is 0 Å². The second kappa shape index (κ2) is 8.47. The van der Waals surface area contributed by atoms with Crippen molar-refractivity contribution < 1.29 is 0 Å². The van der Waals surface area contributed by atoms with Crippen molar-refractivity contribution in [2.24, 2.45) is 17.8 Å². The number of unbranched alkanes of at least 4 members (excludes halogenated alkanes) is 1. The van der Waals surface area contributed by atoms with Gasteiger partial charge in [0.25, 0.3) is 0 Å². The van der Waals surface area contributed by atoms with Crippen LogP contribution in [0.4, 0.5) is 0 Å². The molecule has 1 N–H and O–H groups in total. The number of hydrogen-bond acceptors (Lipinski definition) is 2. The largest absolute Gasteiger partial charge is 0.316 e. The lowest BCUT2D eigenvalue weighted by molar-refractivity contribution is 0.124. The average molecular weight is 269 g/mol. The van der Waals surface area contributed by atoms with Crippen molar-refractivity contribution in [1.82, 2.24) is 5.32 Å². The lowest BCUT2D eigenvalue weighted by Crippen LogP contribution is -2.27. The molecule has 2 fully saturated rings. The monoisotopic (exact) mass is 269 g/mol. The highest BCUT2D eigenvalue weighted by atomic mass is 32.1. The van der Waals surface area contributed by atoms with Crippen molar-refractivity contribution in [3.05, 3.63) is 0 Å². The third-order valence-corrected chi connectivity index (χ3v) is 5.38. The van der Waals surface area contributed by atoms with Gasteiger partial charge in [0.2, 0.25) is 0 Å². The first-order chi connectivity index (χ1) is 8.90. The Labute approximate surface area is 119 Å². The molecule has 2 saturated carbocycles. The lowest BCUT2D eigenvalue weighted by Gasteiger charge is -2.39. The molecule has 3 atom stereocenters. The summed E-state index contributed by atoms with van der Waals surface area (Å²) >= 11 is 4.21. The van der Waals surface area contributed by atoms with E-state index in [0.29, 0.717) is 0 Å². The molecule has 0 aliphatic heterocycles. The number of hydrogen-bond donors (Lipinski definition) is 2. The second-order valence-corrected chi connectivity index (χ2v) is 6.90. The van der Waals surface area contributed by atoms with Crippen LogP contribution in [-0.2, 0) is 0 Å². The summed E-state index contributed by atoms with van der Waals surface area (Å²) in [6, 6.07) is 0. The molecule has 0 heterocycles. The van der Waals surface area contributed by atoms with Gasteiger partial charge in [-0.15, -0.1) is 0 Å². The lowest BCUT2D eigenvalue weighted by atomic mass is 9.67. The zero-order valence-electron chi connectivity index (χ0n) is 11.9. The standard InChI is InChI=1S/C16H31NS/c18-12-11-17-10-4-3-5-14-8-9-15-6-1-2-7-16(15)13-14/h14-18H,1-13H2/t14-,15+,16-/m0/s1. The molecule has 2 rings (SSSR count). The molecular weight excluding hydrogens is 238 g/mol. The summed E-state index contributed by atoms with van der Waals surface area (Å²) in [6.45, 7) is 2.26. The summed E-state index contributed by atoms with van der Waals surface area (Å²) in [7, 11) is 0. The van der Waals surface area contributed by atoms with Gasteiger partial charge in [0.05, 0.1) is 0 Å². The van der Waals surface area contributed by atoms with E-state index in [-0.39, 0.29) is 0 Å². The third-order valence-electron chi connectivity index (χ3n) is 5.15. The normalized spacial score (nSPS) is 32.2. The van der Waals surface area contributed by atoms with Crippen LogP contribution in [0.25, 0.3) is 0 Å². The van der Waals surface area contributed by atoms with Gasteiger partial charge in [-0.3, -0.25) is 0 Å². The van der Waals surface area contributed by atoms with E-state index < -0.39 is 0 Å². The number of nitrogens with one attached hydrogen (secondary N) is 1. The Morgan fingerprint density at radius 3 is 2.56 bits per heavy atom. The molecule has 0 amide bonds. The first kappa shape index (κ1) is 14.7. The molecule has 0 spiro atoms. The highest BCUT2D eigenvalue weighted by Crippen LogP contribution is 2.43. The Hall–Kier alpha value is 0.310. The quantitative estimate of drug-likeness (QED) is 0.519. The number of rotatable bonds is 7. The molecule has 0 bridgehead atoms. The van der Waals surface area contributed by atoms with Gasteiger partial charge >= 0.3 is 0 Å². The van der Waals surface area contributed by atoms with Crippen molar-refractivity contribution in [1.29, 1.82) is 0 Å². The Kier molecular flexibility index (Phi) is 6.93. The van der Waals surface area contributed by atoms with E-state index in [4.69, 9.17) is 0 Å². The summed E-state index contributed by atoms with van der Waals surface area (Å²) in [5.41, 5.74) is 0. The molecular formula is C16H31NS. The zero-order valence-corrected chi connectivity index (χ0v) is 12.8. The summed E-state index contributed by atoms with van der Waals surface area (Å²) in [6.07, 6.45) is 15.1. The van der Waals surface area contributed by atoms with Crippen LogP contribution in [0.3, 0.4) is 0 Å². The molecule has 0 radical (unpaired) electrons. The van der Waals surface area contributed by atoms with Gasteiger partial charge in [0.1, 0.15) is 0 Å². The van der Waals surface area contributed by atoms with Crippen LogP contribution in [0.2, 0.25) is 0 Å². The summed E-state index contributed by atoms with van der Waals surface area (Å²) in [5, 5.41) is 3.44. The molecule has 2 aliphatic rings. The van der Waals surface area contributed by atoms with Gasteiger partial charge in [-0.1, -0.05) is 44.9 Å². The Morgan fingerprint density at radius 2 is 1.72 bits per heavy atom. The van der Waals surface area contributed by atoms with Crippen molar-refractivity contribution in [2.75, 3.05) is 18.8 Å². The van der Waals surface area contributed by atoms with Gasteiger partial charge in [-0.05, 0) is 43.6 Å². The Balaban J connectivity index is 1.54. The van der Waals surface area contributed by atoms with E-state index in [0.717, 1.165) is 30.1 Å². The molecule has 0 aromatic rings. The predicted octanol–water partition coefficient (Wildman–Crippen LogP) is 4.28. The molecule has 0 saturated heterocycles. The fourth-order valence-electron chi connectivity index (χ4n) is 4.12. The van der Waals surface area contributed by atoms with Crippen molar-refractivity contribution >= 4 is 12.6 Å². The van der Waals surface area contributed by atoms with Crippen LogP contribution in [-0.4, -0.2) is 18.8 Å². The highest BCUT2D eigenvalue weighted by molar-refractivity contribution is 7.80. The van der Waals surface area contributed by atoms with Crippen LogP contribution in [0.5, 0.6) is 0 Å². The summed E-state index contributed by atoms with van der Waals surface area (Å²) in [5.74, 6) is 4.26. The zero-order chi connectivity index (χ0) is 12.6. The van der Waals surface area contributed by atoms with Crippen molar-refractivity contribution in [2.45, 2.75) is 64.2 Å². The maximum absolute atomic E-state index is 4.21. The third kappa shape index (κ3) is 4.77.